The van der Waals surface area contributed by atoms with Crippen molar-refractivity contribution >= 4 is 64.4 Å². The Morgan fingerprint density at radius 2 is 1.00 bits per heavy atom. The quantitative estimate of drug-likeness (QED) is 0.178. The van der Waals surface area contributed by atoms with Gasteiger partial charge in [-0.25, -0.2) is 19.9 Å². The van der Waals surface area contributed by atoms with E-state index in [1.807, 2.05) is 24.3 Å². The molecule has 0 atom stereocenters. The standard InChI is InChI=1S/C48H28N4OS/c1-2-12-29(13-3-1)32-14-10-15-33(28-32)46-50-45(51-47(52-46)39-21-11-20-37-34-16-7-9-23-41(34)54-44(37)39)31-26-24-30(25-27-31)43-36-18-5-4-17-35(36)42-38-19-6-8-22-40(38)53-48(42)49-43/h1-28H. The molecule has 54 heavy (non-hydrogen) atoms. The average Bonchev–Trinajstić information content (AvgIpc) is 3.82. The molecule has 0 aliphatic rings. The van der Waals surface area contributed by atoms with Gasteiger partial charge in [0.05, 0.1) is 11.1 Å². The normalized spacial score (nSPS) is 11.7. The zero-order valence-electron chi connectivity index (χ0n) is 28.8. The van der Waals surface area contributed by atoms with Crippen molar-refractivity contribution < 1.29 is 4.42 Å². The number of hydrogen-bond acceptors (Lipinski definition) is 6. The smallest absolute Gasteiger partial charge is 0.228 e. The van der Waals surface area contributed by atoms with Crippen molar-refractivity contribution in [1.82, 2.24) is 19.9 Å². The Balaban J connectivity index is 1.07. The van der Waals surface area contributed by atoms with E-state index in [4.69, 9.17) is 24.4 Å². The maximum Gasteiger partial charge on any atom is 0.228 e. The third-order valence-corrected chi connectivity index (χ3v) is 11.4. The Hall–Kier alpha value is -7.02. The zero-order valence-corrected chi connectivity index (χ0v) is 29.6. The van der Waals surface area contributed by atoms with Gasteiger partial charge in [0.15, 0.2) is 17.5 Å². The van der Waals surface area contributed by atoms with E-state index >= 15 is 0 Å². The maximum atomic E-state index is 6.28. The molecule has 11 aromatic rings. The lowest BCUT2D eigenvalue weighted by Crippen LogP contribution is -2.00. The summed E-state index contributed by atoms with van der Waals surface area (Å²) in [5.74, 6) is 1.87. The fourth-order valence-electron chi connectivity index (χ4n) is 7.58. The fourth-order valence-corrected chi connectivity index (χ4v) is 8.80. The lowest BCUT2D eigenvalue weighted by molar-refractivity contribution is 0.655. The molecule has 0 saturated heterocycles. The van der Waals surface area contributed by atoms with Crippen molar-refractivity contribution in [3.63, 3.8) is 0 Å². The van der Waals surface area contributed by atoms with Gasteiger partial charge in [-0.05, 0) is 40.8 Å². The van der Waals surface area contributed by atoms with E-state index < -0.39 is 0 Å². The Kier molecular flexibility index (Phi) is 6.97. The van der Waals surface area contributed by atoms with Gasteiger partial charge >= 0.3 is 0 Å². The number of nitrogens with zero attached hydrogens (tertiary/aromatic N) is 4. The largest absolute Gasteiger partial charge is 0.438 e. The topological polar surface area (TPSA) is 64.7 Å². The minimum Gasteiger partial charge on any atom is -0.438 e. The van der Waals surface area contributed by atoms with Gasteiger partial charge in [-0.15, -0.1) is 11.3 Å². The number of aromatic nitrogens is 4. The van der Waals surface area contributed by atoms with Crippen LogP contribution < -0.4 is 0 Å². The molecular weight excluding hydrogens is 681 g/mol. The van der Waals surface area contributed by atoms with Crippen LogP contribution in [0.15, 0.2) is 174 Å². The van der Waals surface area contributed by atoms with Gasteiger partial charge in [-0.3, -0.25) is 0 Å². The number of furan rings is 1. The van der Waals surface area contributed by atoms with Crippen LogP contribution in [0.2, 0.25) is 0 Å². The summed E-state index contributed by atoms with van der Waals surface area (Å²) in [5.41, 5.74) is 8.37. The van der Waals surface area contributed by atoms with Gasteiger partial charge in [-0.1, -0.05) is 146 Å². The summed E-state index contributed by atoms with van der Waals surface area (Å²) in [7, 11) is 0. The van der Waals surface area contributed by atoms with E-state index in [0.717, 1.165) is 70.9 Å². The number of rotatable bonds is 5. The minimum absolute atomic E-state index is 0.607. The van der Waals surface area contributed by atoms with Gasteiger partial charge in [0.25, 0.3) is 0 Å². The van der Waals surface area contributed by atoms with Gasteiger partial charge in [-0.2, -0.15) is 0 Å². The first kappa shape index (κ1) is 30.6. The molecule has 7 aromatic carbocycles. The van der Waals surface area contributed by atoms with Gasteiger partial charge < -0.3 is 4.42 Å². The first-order chi connectivity index (χ1) is 26.7. The number of fused-ring (bicyclic) bond motifs is 8. The highest BCUT2D eigenvalue weighted by atomic mass is 32.1. The monoisotopic (exact) mass is 708 g/mol. The van der Waals surface area contributed by atoms with Crippen molar-refractivity contribution in [2.24, 2.45) is 0 Å². The third-order valence-electron chi connectivity index (χ3n) is 10.2. The second-order valence-electron chi connectivity index (χ2n) is 13.4. The molecule has 0 bridgehead atoms. The van der Waals surface area contributed by atoms with E-state index in [1.165, 1.54) is 15.5 Å². The highest BCUT2D eigenvalue weighted by molar-refractivity contribution is 7.26. The highest BCUT2D eigenvalue weighted by Crippen LogP contribution is 2.41. The van der Waals surface area contributed by atoms with Crippen molar-refractivity contribution in [2.45, 2.75) is 0 Å². The second kappa shape index (κ2) is 12.3. The molecule has 0 aliphatic carbocycles. The Morgan fingerprint density at radius 3 is 1.85 bits per heavy atom. The predicted molar refractivity (Wildman–Crippen MR) is 222 cm³/mol. The summed E-state index contributed by atoms with van der Waals surface area (Å²) < 4.78 is 8.67. The molecule has 11 rings (SSSR count). The lowest BCUT2D eigenvalue weighted by Gasteiger charge is -2.11. The first-order valence-electron chi connectivity index (χ1n) is 17.9. The van der Waals surface area contributed by atoms with Crippen molar-refractivity contribution in [3.8, 4) is 56.5 Å². The van der Waals surface area contributed by atoms with Crippen LogP contribution in [-0.2, 0) is 0 Å². The van der Waals surface area contributed by atoms with E-state index in [1.54, 1.807) is 11.3 Å². The van der Waals surface area contributed by atoms with Crippen LogP contribution in [0.5, 0.6) is 0 Å². The van der Waals surface area contributed by atoms with Crippen molar-refractivity contribution in [1.29, 1.82) is 0 Å². The van der Waals surface area contributed by atoms with E-state index in [2.05, 4.69) is 146 Å². The van der Waals surface area contributed by atoms with Gasteiger partial charge in [0.1, 0.15) is 5.58 Å². The van der Waals surface area contributed by atoms with E-state index in [9.17, 15) is 0 Å². The van der Waals surface area contributed by atoms with Crippen LogP contribution in [0, 0.1) is 0 Å². The van der Waals surface area contributed by atoms with Crippen LogP contribution in [-0.4, -0.2) is 19.9 Å². The molecular formula is C48H28N4OS. The number of thiophene rings is 1. The molecule has 5 nitrogen and oxygen atoms in total. The Morgan fingerprint density at radius 1 is 0.389 bits per heavy atom. The van der Waals surface area contributed by atoms with Crippen LogP contribution >= 0.6 is 11.3 Å². The fraction of sp³-hybridized carbons (Fsp3) is 0. The molecule has 0 amide bonds. The molecule has 4 heterocycles. The molecule has 0 aliphatic heterocycles. The molecule has 0 N–H and O–H groups in total. The summed E-state index contributed by atoms with van der Waals surface area (Å²) >= 11 is 1.77. The maximum absolute atomic E-state index is 6.28. The molecule has 6 heteroatoms. The third kappa shape index (κ3) is 4.99. The number of pyridine rings is 1. The highest BCUT2D eigenvalue weighted by Gasteiger charge is 2.19. The summed E-state index contributed by atoms with van der Waals surface area (Å²) in [6.45, 7) is 0. The summed E-state index contributed by atoms with van der Waals surface area (Å²) in [6.07, 6.45) is 0. The van der Waals surface area contributed by atoms with Crippen LogP contribution in [0.25, 0.3) is 110 Å². The van der Waals surface area contributed by atoms with Gasteiger partial charge in [0.2, 0.25) is 5.71 Å². The van der Waals surface area contributed by atoms with Gasteiger partial charge in [0, 0.05) is 53.2 Å². The number of para-hydroxylation sites is 1. The van der Waals surface area contributed by atoms with Crippen molar-refractivity contribution in [2.75, 3.05) is 0 Å². The molecule has 0 spiro atoms. The first-order valence-corrected chi connectivity index (χ1v) is 18.7. The Labute approximate surface area is 313 Å². The summed E-state index contributed by atoms with van der Waals surface area (Å²) in [5, 5.41) is 6.74. The van der Waals surface area contributed by atoms with Crippen LogP contribution in [0.3, 0.4) is 0 Å². The lowest BCUT2D eigenvalue weighted by atomic mass is 9.99. The molecule has 4 aromatic heterocycles. The minimum atomic E-state index is 0.607. The summed E-state index contributed by atoms with van der Waals surface area (Å²) in [4.78, 5) is 20.6. The SMILES string of the molecule is c1ccc(-c2cccc(-c3nc(-c4ccc(-c5nc6oc7ccccc7c6c6ccccc56)cc4)nc(-c4cccc5c4sc4ccccc45)n3)c2)cc1. The van der Waals surface area contributed by atoms with Crippen LogP contribution in [0.1, 0.15) is 0 Å². The molecule has 0 fully saturated rings. The van der Waals surface area contributed by atoms with E-state index in [-0.39, 0.29) is 0 Å². The Bertz CT molecular complexity index is 3220. The average molecular weight is 709 g/mol. The summed E-state index contributed by atoms with van der Waals surface area (Å²) in [6, 6.07) is 58.7. The molecule has 0 unspecified atom stereocenters. The number of benzene rings is 7. The van der Waals surface area contributed by atoms with Crippen molar-refractivity contribution in [3.05, 3.63) is 170 Å². The molecule has 0 radical (unpaired) electrons. The van der Waals surface area contributed by atoms with E-state index in [0.29, 0.717) is 23.2 Å². The second-order valence-corrected chi connectivity index (χ2v) is 14.4. The zero-order chi connectivity index (χ0) is 35.6. The molecule has 0 saturated carbocycles. The van der Waals surface area contributed by atoms with Crippen LogP contribution in [0.4, 0.5) is 0 Å². The number of hydrogen-bond donors (Lipinski definition) is 0. The molecule has 252 valence electrons. The predicted octanol–water partition coefficient (Wildman–Crippen LogP) is 13.0.